The number of anilines is 1. The lowest BCUT2D eigenvalue weighted by Gasteiger charge is -2.13. The average Bonchev–Trinajstić information content (AvgIpc) is 2.98. The Morgan fingerprint density at radius 2 is 1.57 bits per heavy atom. The molecule has 0 saturated carbocycles. The van der Waals surface area contributed by atoms with Crippen LogP contribution in [0.5, 0.6) is 11.5 Å². The predicted molar refractivity (Wildman–Crippen MR) is 160 cm³/mol. The molecule has 0 aliphatic carbocycles. The summed E-state index contributed by atoms with van der Waals surface area (Å²) in [7, 11) is -1.10. The minimum absolute atomic E-state index is 0.0153. The molecule has 0 bridgehead atoms. The van der Waals surface area contributed by atoms with E-state index in [0.717, 1.165) is 0 Å². The zero-order valence-corrected chi connectivity index (χ0v) is 25.1. The number of methoxy groups -OCH3 is 2. The number of Topliss-reactive ketones (excluding diaryl/α,β-unsaturated/α-hetero) is 1. The maximum absolute atomic E-state index is 13.4. The Labute approximate surface area is 240 Å². The van der Waals surface area contributed by atoms with Gasteiger partial charge in [-0.1, -0.05) is 51.1 Å². The van der Waals surface area contributed by atoms with Gasteiger partial charge >= 0.3 is 0 Å². The van der Waals surface area contributed by atoms with Crippen LogP contribution < -0.4 is 14.2 Å². The summed E-state index contributed by atoms with van der Waals surface area (Å²) in [6.07, 6.45) is 2.94. The number of carbonyl (C=O) groups is 1. The number of benzene rings is 2. The lowest BCUT2D eigenvalue weighted by atomic mass is 10.1. The zero-order valence-electron chi connectivity index (χ0n) is 23.5. The van der Waals surface area contributed by atoms with Gasteiger partial charge in [-0.25, -0.2) is 8.42 Å². The number of ketones is 1. The Bertz CT molecular complexity index is 1660. The smallest absolute Gasteiger partial charge is 0.264 e. The summed E-state index contributed by atoms with van der Waals surface area (Å²) in [6, 6.07) is 12.6. The second-order valence-corrected chi connectivity index (χ2v) is 9.62. The SMILES string of the molecule is CC.CC.COc1cc(C(C)=O)ncc1C#Cc1cc(Cl)ccc1NS(=O)(=O)c1ccc(OC)c2cccnc12. The van der Waals surface area contributed by atoms with Crippen LogP contribution in [0.3, 0.4) is 0 Å². The van der Waals surface area contributed by atoms with Gasteiger partial charge in [0.1, 0.15) is 22.1 Å². The number of hydrogen-bond donors (Lipinski definition) is 1. The van der Waals surface area contributed by atoms with Gasteiger partial charge in [0.05, 0.1) is 36.6 Å². The quantitative estimate of drug-likeness (QED) is 0.198. The van der Waals surface area contributed by atoms with E-state index in [9.17, 15) is 13.2 Å². The molecule has 0 spiro atoms. The zero-order chi connectivity index (χ0) is 29.9. The van der Waals surface area contributed by atoms with Crippen LogP contribution >= 0.6 is 11.6 Å². The number of sulfonamides is 1. The van der Waals surface area contributed by atoms with E-state index in [2.05, 4.69) is 26.5 Å². The molecule has 2 aromatic heterocycles. The van der Waals surface area contributed by atoms with E-state index in [0.29, 0.717) is 33.0 Å². The number of aromatic nitrogens is 2. The van der Waals surface area contributed by atoms with Gasteiger partial charge in [-0.05, 0) is 42.5 Å². The van der Waals surface area contributed by atoms with Gasteiger partial charge in [-0.15, -0.1) is 0 Å². The monoisotopic (exact) mass is 581 g/mol. The van der Waals surface area contributed by atoms with Crippen molar-refractivity contribution in [1.82, 2.24) is 9.97 Å². The molecule has 2 aromatic carbocycles. The third-order valence-electron chi connectivity index (χ3n) is 5.21. The van der Waals surface area contributed by atoms with Crippen molar-refractivity contribution in [2.75, 3.05) is 18.9 Å². The first-order valence-electron chi connectivity index (χ1n) is 12.5. The van der Waals surface area contributed by atoms with Gasteiger partial charge in [0, 0.05) is 35.8 Å². The Balaban J connectivity index is 0.00000134. The summed E-state index contributed by atoms with van der Waals surface area (Å²) < 4.78 is 40.0. The number of nitrogens with zero attached hydrogens (tertiary/aromatic N) is 2. The standard InChI is InChI=1S/C26H20ClN3O5S.2C2H6/c1-16(31)22-14-24(35-3)18(15-29-22)7-6-17-13-19(27)8-9-21(17)30-36(32,33)25-11-10-23(34-2)20-5-4-12-28-26(20)25;2*1-2/h4-5,8-15,30H,1-3H3;2*1-2H3. The number of hydrogen-bond acceptors (Lipinski definition) is 7. The first kappa shape index (κ1) is 32.1. The van der Waals surface area contributed by atoms with Crippen LogP contribution in [0.2, 0.25) is 5.02 Å². The Hall–Kier alpha value is -4.13. The number of pyridine rings is 2. The number of rotatable bonds is 6. The molecular formula is C30H32ClN3O5S. The molecule has 4 aromatic rings. The summed E-state index contributed by atoms with van der Waals surface area (Å²) in [5, 5.41) is 0.934. The van der Waals surface area contributed by atoms with Crippen molar-refractivity contribution in [3.63, 3.8) is 0 Å². The lowest BCUT2D eigenvalue weighted by molar-refractivity contribution is 0.101. The molecule has 0 fully saturated rings. The van der Waals surface area contributed by atoms with Crippen molar-refractivity contribution in [1.29, 1.82) is 0 Å². The summed E-state index contributed by atoms with van der Waals surface area (Å²) >= 11 is 6.17. The molecule has 0 aliphatic heterocycles. The van der Waals surface area contributed by atoms with Gasteiger partial charge < -0.3 is 9.47 Å². The molecular weight excluding hydrogens is 550 g/mol. The van der Waals surface area contributed by atoms with Crippen LogP contribution in [0.15, 0.2) is 65.8 Å². The number of halogens is 1. The minimum Gasteiger partial charge on any atom is -0.496 e. The second-order valence-electron chi connectivity index (χ2n) is 7.54. The van der Waals surface area contributed by atoms with E-state index in [1.165, 1.54) is 51.7 Å². The van der Waals surface area contributed by atoms with Crippen LogP contribution in [-0.2, 0) is 10.0 Å². The third-order valence-corrected chi connectivity index (χ3v) is 6.84. The van der Waals surface area contributed by atoms with Gasteiger partial charge in [-0.2, -0.15) is 0 Å². The minimum atomic E-state index is -4.06. The highest BCUT2D eigenvalue weighted by atomic mass is 35.5. The van der Waals surface area contributed by atoms with Crippen LogP contribution in [0.25, 0.3) is 10.9 Å². The highest BCUT2D eigenvalue weighted by Gasteiger charge is 2.21. The summed E-state index contributed by atoms with van der Waals surface area (Å²) in [5.41, 5.74) is 1.48. The summed E-state index contributed by atoms with van der Waals surface area (Å²) in [5.74, 6) is 6.50. The summed E-state index contributed by atoms with van der Waals surface area (Å²) in [6.45, 7) is 9.40. The Morgan fingerprint density at radius 3 is 2.23 bits per heavy atom. The molecule has 210 valence electrons. The molecule has 0 aliphatic rings. The Kier molecular flexibility index (Phi) is 11.9. The maximum atomic E-state index is 13.4. The maximum Gasteiger partial charge on any atom is 0.264 e. The highest BCUT2D eigenvalue weighted by Crippen LogP contribution is 2.31. The third kappa shape index (κ3) is 7.50. The normalized spacial score (nSPS) is 10.1. The molecule has 1 N–H and O–H groups in total. The highest BCUT2D eigenvalue weighted by molar-refractivity contribution is 7.93. The molecule has 4 rings (SSSR count). The van der Waals surface area contributed by atoms with Crippen LogP contribution in [0.1, 0.15) is 56.2 Å². The van der Waals surface area contributed by atoms with Crippen LogP contribution in [0.4, 0.5) is 5.69 Å². The molecule has 0 radical (unpaired) electrons. The van der Waals surface area contributed by atoms with E-state index in [-0.39, 0.29) is 27.6 Å². The topological polar surface area (TPSA) is 107 Å². The molecule has 0 saturated heterocycles. The number of ether oxygens (including phenoxy) is 2. The molecule has 0 atom stereocenters. The van der Waals surface area contributed by atoms with Crippen LogP contribution in [-0.4, -0.2) is 38.4 Å². The van der Waals surface area contributed by atoms with Crippen molar-refractivity contribution < 1.29 is 22.7 Å². The number of fused-ring (bicyclic) bond motifs is 1. The van der Waals surface area contributed by atoms with E-state index in [4.69, 9.17) is 21.1 Å². The molecule has 0 unspecified atom stereocenters. The van der Waals surface area contributed by atoms with E-state index >= 15 is 0 Å². The van der Waals surface area contributed by atoms with Gasteiger partial charge in [0.2, 0.25) is 0 Å². The van der Waals surface area contributed by atoms with Crippen molar-refractivity contribution in [3.05, 3.63) is 82.8 Å². The first-order chi connectivity index (χ1) is 19.2. The Morgan fingerprint density at radius 1 is 0.900 bits per heavy atom. The molecule has 0 amide bonds. The van der Waals surface area contributed by atoms with Gasteiger partial charge in [0.15, 0.2) is 5.78 Å². The van der Waals surface area contributed by atoms with Gasteiger partial charge in [-0.3, -0.25) is 19.5 Å². The largest absolute Gasteiger partial charge is 0.496 e. The van der Waals surface area contributed by atoms with E-state index in [1.54, 1.807) is 30.3 Å². The number of nitrogens with one attached hydrogen (secondary N) is 1. The molecule has 8 nitrogen and oxygen atoms in total. The van der Waals surface area contributed by atoms with Gasteiger partial charge in [0.25, 0.3) is 10.0 Å². The molecule has 40 heavy (non-hydrogen) atoms. The summed E-state index contributed by atoms with van der Waals surface area (Å²) in [4.78, 5) is 19.9. The fourth-order valence-electron chi connectivity index (χ4n) is 3.45. The predicted octanol–water partition coefficient (Wildman–Crippen LogP) is 6.76. The second kappa shape index (κ2) is 14.9. The van der Waals surface area contributed by atoms with Crippen LogP contribution in [0, 0.1) is 11.8 Å². The van der Waals surface area contributed by atoms with E-state index < -0.39 is 10.0 Å². The fourth-order valence-corrected chi connectivity index (χ4v) is 4.86. The van der Waals surface area contributed by atoms with Crippen molar-refractivity contribution in [3.8, 4) is 23.3 Å². The van der Waals surface area contributed by atoms with Crippen molar-refractivity contribution in [2.24, 2.45) is 0 Å². The average molecular weight is 582 g/mol. The lowest BCUT2D eigenvalue weighted by Crippen LogP contribution is -2.15. The number of carbonyl (C=O) groups excluding carboxylic acids is 1. The van der Waals surface area contributed by atoms with E-state index in [1.807, 2.05) is 27.7 Å². The molecule has 2 heterocycles. The van der Waals surface area contributed by atoms with Crippen molar-refractivity contribution >= 4 is 44.0 Å². The molecule has 10 heteroatoms. The first-order valence-corrected chi connectivity index (χ1v) is 14.4. The van der Waals surface area contributed by atoms with Crippen molar-refractivity contribution in [2.45, 2.75) is 39.5 Å². The fraction of sp³-hybridized carbons (Fsp3) is 0.233.